The fourth-order valence-electron chi connectivity index (χ4n) is 3.25. The molecule has 0 radical (unpaired) electrons. The van der Waals surface area contributed by atoms with E-state index in [1.807, 2.05) is 0 Å². The van der Waals surface area contributed by atoms with E-state index in [2.05, 4.69) is 19.2 Å². The molecule has 1 aliphatic rings. The second-order valence-corrected chi connectivity index (χ2v) is 8.04. The van der Waals surface area contributed by atoms with E-state index in [0.717, 1.165) is 25.7 Å². The van der Waals surface area contributed by atoms with E-state index in [0.29, 0.717) is 12.5 Å². The van der Waals surface area contributed by atoms with Crippen molar-refractivity contribution in [2.24, 2.45) is 5.92 Å². The second-order valence-electron chi connectivity index (χ2n) is 6.15. The third-order valence-corrected chi connectivity index (χ3v) is 6.12. The molecule has 0 bridgehead atoms. The van der Waals surface area contributed by atoms with Gasteiger partial charge in [-0.2, -0.15) is 8.78 Å². The van der Waals surface area contributed by atoms with Crippen LogP contribution in [0.3, 0.4) is 0 Å². The molecule has 4 nitrogen and oxygen atoms in total. The number of nitrogens with one attached hydrogen (secondary N) is 1. The van der Waals surface area contributed by atoms with E-state index in [1.165, 1.54) is 18.2 Å². The van der Waals surface area contributed by atoms with Gasteiger partial charge in [0.1, 0.15) is 0 Å². The predicted octanol–water partition coefficient (Wildman–Crippen LogP) is 4.08. The summed E-state index contributed by atoms with van der Waals surface area (Å²) in [5.41, 5.74) is 0.244. The number of ether oxygens (including phenoxy) is 1. The number of halogens is 2. The molecule has 1 aromatic carbocycles. The van der Waals surface area contributed by atoms with Crippen molar-refractivity contribution in [3.8, 4) is 0 Å². The number of alkyl halides is 2. The Morgan fingerprint density at radius 3 is 2.54 bits per heavy atom. The van der Waals surface area contributed by atoms with Crippen LogP contribution in [-0.4, -0.2) is 32.9 Å². The van der Waals surface area contributed by atoms with E-state index < -0.39 is 15.6 Å². The maximum absolute atomic E-state index is 12.9. The van der Waals surface area contributed by atoms with Crippen LogP contribution in [0.5, 0.6) is 0 Å². The molecule has 7 heteroatoms. The summed E-state index contributed by atoms with van der Waals surface area (Å²) in [6.07, 6.45) is 3.62. The van der Waals surface area contributed by atoms with Gasteiger partial charge in [-0.1, -0.05) is 38.8 Å². The Bertz CT molecular complexity index is 632. The summed E-state index contributed by atoms with van der Waals surface area (Å²) in [4.78, 5) is -0.342. The molecule has 0 spiro atoms. The van der Waals surface area contributed by atoms with Gasteiger partial charge < -0.3 is 10.1 Å². The zero-order valence-corrected chi connectivity index (χ0v) is 14.9. The van der Waals surface area contributed by atoms with Gasteiger partial charge in [0.05, 0.1) is 16.7 Å². The third-order valence-electron chi connectivity index (χ3n) is 4.68. The molecule has 1 aliphatic heterocycles. The Hall–Kier alpha value is -1.21. The quantitative estimate of drug-likeness (QED) is 0.795. The Morgan fingerprint density at radius 2 is 1.92 bits per heavy atom. The molecule has 2 atom stereocenters. The Kier molecular flexibility index (Phi) is 6.57. The SMILES string of the molecule is CCC(CC)C1CC(Nc2ccccc2S(=O)(=O)C(F)F)CCO1. The molecule has 0 amide bonds. The first-order valence-electron chi connectivity index (χ1n) is 8.39. The van der Waals surface area contributed by atoms with Crippen molar-refractivity contribution < 1.29 is 21.9 Å². The van der Waals surface area contributed by atoms with Crippen molar-refractivity contribution in [1.29, 1.82) is 0 Å². The zero-order valence-electron chi connectivity index (χ0n) is 14.0. The molecule has 1 fully saturated rings. The fraction of sp³-hybridized carbons (Fsp3) is 0.647. The molecular formula is C17H25F2NO3S. The first-order chi connectivity index (χ1) is 11.4. The van der Waals surface area contributed by atoms with E-state index in [-0.39, 0.29) is 22.7 Å². The van der Waals surface area contributed by atoms with Crippen LogP contribution in [0.2, 0.25) is 0 Å². The van der Waals surface area contributed by atoms with Gasteiger partial charge in [-0.25, -0.2) is 8.42 Å². The number of sulfone groups is 1. The van der Waals surface area contributed by atoms with Crippen LogP contribution < -0.4 is 5.32 Å². The Balaban J connectivity index is 2.17. The minimum absolute atomic E-state index is 0.0124. The molecule has 24 heavy (non-hydrogen) atoms. The average molecular weight is 361 g/mol. The molecule has 0 saturated carbocycles. The number of hydrogen-bond acceptors (Lipinski definition) is 4. The highest BCUT2D eigenvalue weighted by atomic mass is 32.2. The Labute approximate surface area is 142 Å². The minimum Gasteiger partial charge on any atom is -0.381 e. The minimum atomic E-state index is -4.62. The van der Waals surface area contributed by atoms with Crippen molar-refractivity contribution in [1.82, 2.24) is 0 Å². The number of para-hydroxylation sites is 1. The number of benzene rings is 1. The molecule has 1 saturated heterocycles. The highest BCUT2D eigenvalue weighted by Crippen LogP contribution is 2.30. The van der Waals surface area contributed by atoms with E-state index in [9.17, 15) is 17.2 Å². The Morgan fingerprint density at radius 1 is 1.25 bits per heavy atom. The van der Waals surface area contributed by atoms with Crippen LogP contribution in [0.4, 0.5) is 14.5 Å². The lowest BCUT2D eigenvalue weighted by Gasteiger charge is -2.35. The summed E-state index contributed by atoms with van der Waals surface area (Å²) >= 11 is 0. The summed E-state index contributed by atoms with van der Waals surface area (Å²) < 4.78 is 55.3. The van der Waals surface area contributed by atoms with Gasteiger partial charge in [0.2, 0.25) is 9.84 Å². The van der Waals surface area contributed by atoms with Crippen LogP contribution in [-0.2, 0) is 14.6 Å². The third kappa shape index (κ3) is 4.25. The van der Waals surface area contributed by atoms with Crippen LogP contribution in [0.15, 0.2) is 29.2 Å². The van der Waals surface area contributed by atoms with Crippen LogP contribution in [0.25, 0.3) is 0 Å². The monoisotopic (exact) mass is 361 g/mol. The molecule has 136 valence electrons. The highest BCUT2D eigenvalue weighted by Gasteiger charge is 2.31. The zero-order chi connectivity index (χ0) is 17.7. The highest BCUT2D eigenvalue weighted by molar-refractivity contribution is 7.91. The fourth-order valence-corrected chi connectivity index (χ4v) is 4.15. The summed E-state index contributed by atoms with van der Waals surface area (Å²) in [7, 11) is -4.62. The maximum Gasteiger partial charge on any atom is 0.341 e. The lowest BCUT2D eigenvalue weighted by Crippen LogP contribution is -2.38. The summed E-state index contributed by atoms with van der Waals surface area (Å²) in [6, 6.07) is 5.87. The maximum atomic E-state index is 12.9. The normalized spacial score (nSPS) is 22.1. The lowest BCUT2D eigenvalue weighted by atomic mass is 9.89. The topological polar surface area (TPSA) is 55.4 Å². The van der Waals surface area contributed by atoms with Crippen molar-refractivity contribution in [3.05, 3.63) is 24.3 Å². The van der Waals surface area contributed by atoms with Crippen LogP contribution in [0, 0.1) is 5.92 Å². The van der Waals surface area contributed by atoms with E-state index in [4.69, 9.17) is 4.74 Å². The van der Waals surface area contributed by atoms with Gasteiger partial charge in [-0.05, 0) is 30.9 Å². The van der Waals surface area contributed by atoms with Crippen molar-refractivity contribution in [2.45, 2.75) is 62.3 Å². The number of hydrogen-bond donors (Lipinski definition) is 1. The molecule has 1 N–H and O–H groups in total. The summed E-state index contributed by atoms with van der Waals surface area (Å²) in [5, 5.41) is 3.15. The number of anilines is 1. The summed E-state index contributed by atoms with van der Waals surface area (Å²) in [5.74, 6) is -2.97. The van der Waals surface area contributed by atoms with Crippen molar-refractivity contribution in [3.63, 3.8) is 0 Å². The molecule has 2 rings (SSSR count). The van der Waals surface area contributed by atoms with Gasteiger partial charge in [0, 0.05) is 12.6 Å². The standard InChI is InChI=1S/C17H25F2NO3S/c1-3-12(4-2)15-11-13(9-10-23-15)20-14-7-5-6-8-16(14)24(21,22)17(18)19/h5-8,12-13,15,17,20H,3-4,9-11H2,1-2H3. The molecule has 0 aliphatic carbocycles. The first kappa shape index (κ1) is 19.1. The number of rotatable bonds is 7. The molecule has 1 aromatic rings. The van der Waals surface area contributed by atoms with Gasteiger partial charge >= 0.3 is 5.76 Å². The second kappa shape index (κ2) is 8.25. The molecule has 0 aromatic heterocycles. The first-order valence-corrected chi connectivity index (χ1v) is 9.94. The van der Waals surface area contributed by atoms with Gasteiger partial charge in [-0.15, -0.1) is 0 Å². The van der Waals surface area contributed by atoms with Crippen LogP contribution in [0.1, 0.15) is 39.5 Å². The summed E-state index contributed by atoms with van der Waals surface area (Å²) in [6.45, 7) is 4.83. The predicted molar refractivity (Wildman–Crippen MR) is 90.1 cm³/mol. The van der Waals surface area contributed by atoms with Gasteiger partial charge in [-0.3, -0.25) is 0 Å². The molecular weight excluding hydrogens is 336 g/mol. The average Bonchev–Trinajstić information content (AvgIpc) is 2.56. The largest absolute Gasteiger partial charge is 0.381 e. The smallest absolute Gasteiger partial charge is 0.341 e. The van der Waals surface area contributed by atoms with Gasteiger partial charge in [0.15, 0.2) is 0 Å². The molecule has 2 unspecified atom stereocenters. The van der Waals surface area contributed by atoms with Crippen molar-refractivity contribution >= 4 is 15.5 Å². The van der Waals surface area contributed by atoms with E-state index >= 15 is 0 Å². The lowest BCUT2D eigenvalue weighted by molar-refractivity contribution is -0.0271. The molecule has 1 heterocycles. The van der Waals surface area contributed by atoms with Gasteiger partial charge in [0.25, 0.3) is 0 Å². The van der Waals surface area contributed by atoms with Crippen LogP contribution >= 0.6 is 0 Å². The van der Waals surface area contributed by atoms with Crippen molar-refractivity contribution in [2.75, 3.05) is 11.9 Å². The van der Waals surface area contributed by atoms with E-state index in [1.54, 1.807) is 6.07 Å².